The fraction of sp³-hybridized carbons (Fsp3) is 0.211. The number of carboxylic acid groups (broad SMARTS) is 1. The van der Waals surface area contributed by atoms with Crippen LogP contribution in [0.15, 0.2) is 53.2 Å². The number of nitrogens with zero attached hydrogens (tertiary/aromatic N) is 2. The number of aryl methyl sites for hydroxylation is 1. The lowest BCUT2D eigenvalue weighted by Gasteiger charge is -2.06. The highest BCUT2D eigenvalue weighted by Crippen LogP contribution is 2.21. The molecule has 128 valence electrons. The van der Waals surface area contributed by atoms with Crippen molar-refractivity contribution < 1.29 is 19.1 Å². The predicted molar refractivity (Wildman–Crippen MR) is 91.5 cm³/mol. The number of carbonyl (C=O) groups is 1. The predicted octanol–water partition coefficient (Wildman–Crippen LogP) is 3.29. The number of benzene rings is 1. The fourth-order valence-corrected chi connectivity index (χ4v) is 2.46. The van der Waals surface area contributed by atoms with Gasteiger partial charge >= 0.3 is 5.97 Å². The van der Waals surface area contributed by atoms with Gasteiger partial charge in [-0.25, -0.2) is 4.98 Å². The number of rotatable bonds is 7. The van der Waals surface area contributed by atoms with Crippen LogP contribution in [-0.2, 0) is 17.6 Å². The van der Waals surface area contributed by atoms with Gasteiger partial charge < -0.3 is 14.3 Å². The van der Waals surface area contributed by atoms with Gasteiger partial charge in [-0.05, 0) is 36.8 Å². The molecule has 0 aliphatic carbocycles. The molecule has 0 atom stereocenters. The molecular formula is C19H18N2O4. The van der Waals surface area contributed by atoms with Crippen molar-refractivity contribution in [3.63, 3.8) is 0 Å². The molecule has 2 heterocycles. The van der Waals surface area contributed by atoms with E-state index in [1.165, 1.54) is 0 Å². The van der Waals surface area contributed by atoms with Crippen LogP contribution in [0.1, 0.15) is 17.0 Å². The van der Waals surface area contributed by atoms with Gasteiger partial charge in [0.2, 0.25) is 5.89 Å². The highest BCUT2D eigenvalue weighted by molar-refractivity contribution is 5.70. The largest absolute Gasteiger partial charge is 0.493 e. The average Bonchev–Trinajstić information content (AvgIpc) is 2.96. The van der Waals surface area contributed by atoms with Gasteiger partial charge in [-0.1, -0.05) is 12.1 Å². The van der Waals surface area contributed by atoms with Gasteiger partial charge in [0.15, 0.2) is 0 Å². The first-order valence-electron chi connectivity index (χ1n) is 7.92. The van der Waals surface area contributed by atoms with Gasteiger partial charge in [-0.2, -0.15) is 0 Å². The second kappa shape index (κ2) is 7.61. The molecule has 0 fully saturated rings. The molecule has 0 saturated carbocycles. The maximum absolute atomic E-state index is 10.8. The van der Waals surface area contributed by atoms with E-state index < -0.39 is 5.97 Å². The lowest BCUT2D eigenvalue weighted by molar-refractivity contribution is -0.136. The highest BCUT2D eigenvalue weighted by atomic mass is 16.5. The van der Waals surface area contributed by atoms with Gasteiger partial charge in [-0.3, -0.25) is 9.78 Å². The highest BCUT2D eigenvalue weighted by Gasteiger charge is 2.11. The van der Waals surface area contributed by atoms with Gasteiger partial charge in [0.05, 0.1) is 18.7 Å². The normalized spacial score (nSPS) is 10.6. The Hall–Kier alpha value is -3.15. The van der Waals surface area contributed by atoms with Gasteiger partial charge in [0.1, 0.15) is 11.5 Å². The summed E-state index contributed by atoms with van der Waals surface area (Å²) in [5, 5.41) is 8.85. The third-order valence-corrected chi connectivity index (χ3v) is 3.68. The first kappa shape index (κ1) is 16.7. The Morgan fingerprint density at radius 1 is 1.24 bits per heavy atom. The van der Waals surface area contributed by atoms with Crippen molar-refractivity contribution in [1.82, 2.24) is 9.97 Å². The number of hydrogen-bond donors (Lipinski definition) is 1. The summed E-state index contributed by atoms with van der Waals surface area (Å²) >= 11 is 0. The van der Waals surface area contributed by atoms with Gasteiger partial charge in [0, 0.05) is 24.4 Å². The lowest BCUT2D eigenvalue weighted by atomic mass is 10.1. The fourth-order valence-electron chi connectivity index (χ4n) is 2.46. The number of carboxylic acids is 1. The molecule has 2 aromatic heterocycles. The molecule has 6 heteroatoms. The zero-order chi connectivity index (χ0) is 17.6. The summed E-state index contributed by atoms with van der Waals surface area (Å²) in [5.74, 6) is 1.11. The van der Waals surface area contributed by atoms with Crippen LogP contribution in [0.5, 0.6) is 5.75 Å². The van der Waals surface area contributed by atoms with E-state index in [1.54, 1.807) is 30.6 Å². The van der Waals surface area contributed by atoms with Crippen molar-refractivity contribution in [1.29, 1.82) is 0 Å². The Kier molecular flexibility index (Phi) is 5.09. The summed E-state index contributed by atoms with van der Waals surface area (Å²) in [6.45, 7) is 2.31. The van der Waals surface area contributed by atoms with E-state index in [0.29, 0.717) is 30.2 Å². The molecule has 1 N–H and O–H groups in total. The minimum absolute atomic E-state index is 0.0190. The Balaban J connectivity index is 1.61. The molecule has 0 unspecified atom stereocenters. The van der Waals surface area contributed by atoms with Crippen molar-refractivity contribution in [3.8, 4) is 17.2 Å². The Morgan fingerprint density at radius 2 is 2.04 bits per heavy atom. The maximum atomic E-state index is 10.8. The molecule has 3 aromatic rings. The molecular weight excluding hydrogens is 320 g/mol. The molecule has 3 rings (SSSR count). The van der Waals surface area contributed by atoms with Crippen molar-refractivity contribution in [2.24, 2.45) is 0 Å². The Bertz CT molecular complexity index is 859. The van der Waals surface area contributed by atoms with E-state index in [9.17, 15) is 4.79 Å². The van der Waals surface area contributed by atoms with Crippen LogP contribution in [0, 0.1) is 6.92 Å². The van der Waals surface area contributed by atoms with Crippen LogP contribution in [0.4, 0.5) is 0 Å². The van der Waals surface area contributed by atoms with Crippen LogP contribution >= 0.6 is 0 Å². The minimum Gasteiger partial charge on any atom is -0.493 e. The third-order valence-electron chi connectivity index (χ3n) is 3.68. The number of aliphatic carboxylic acids is 1. The smallest absolute Gasteiger partial charge is 0.307 e. The summed E-state index contributed by atoms with van der Waals surface area (Å²) in [5.41, 5.74) is 2.43. The molecule has 0 aliphatic rings. The molecule has 0 aliphatic heterocycles. The number of hydrogen-bond acceptors (Lipinski definition) is 5. The molecule has 0 saturated heterocycles. The van der Waals surface area contributed by atoms with Crippen LogP contribution in [-0.4, -0.2) is 27.7 Å². The monoisotopic (exact) mass is 338 g/mol. The maximum Gasteiger partial charge on any atom is 0.307 e. The summed E-state index contributed by atoms with van der Waals surface area (Å²) in [7, 11) is 0. The van der Waals surface area contributed by atoms with Crippen LogP contribution < -0.4 is 4.74 Å². The number of aromatic nitrogens is 2. The quantitative estimate of drug-likeness (QED) is 0.711. The van der Waals surface area contributed by atoms with Gasteiger partial charge in [-0.15, -0.1) is 0 Å². The van der Waals surface area contributed by atoms with Crippen LogP contribution in [0.3, 0.4) is 0 Å². The molecule has 1 aromatic carbocycles. The zero-order valence-electron chi connectivity index (χ0n) is 13.8. The standard InChI is InChI=1S/C19H18N2O4/c1-13-17(21-19(25-13)15-5-8-20-9-6-15)7-10-24-16-4-2-3-14(11-16)12-18(22)23/h2-6,8-9,11H,7,10,12H2,1H3,(H,22,23). The van der Waals surface area contributed by atoms with Crippen molar-refractivity contribution in [3.05, 3.63) is 65.8 Å². The Morgan fingerprint density at radius 3 is 2.80 bits per heavy atom. The van der Waals surface area contributed by atoms with Crippen molar-refractivity contribution >= 4 is 5.97 Å². The lowest BCUT2D eigenvalue weighted by Crippen LogP contribution is -2.04. The molecule has 0 bridgehead atoms. The van der Waals surface area contributed by atoms with Crippen LogP contribution in [0.2, 0.25) is 0 Å². The van der Waals surface area contributed by atoms with Crippen LogP contribution in [0.25, 0.3) is 11.5 Å². The molecule has 0 radical (unpaired) electrons. The summed E-state index contributed by atoms with van der Waals surface area (Å²) in [6, 6.07) is 10.8. The van der Waals surface area contributed by atoms with E-state index >= 15 is 0 Å². The number of oxazole rings is 1. The number of ether oxygens (including phenoxy) is 1. The van der Waals surface area contributed by atoms with E-state index in [-0.39, 0.29) is 6.42 Å². The van der Waals surface area contributed by atoms with E-state index in [2.05, 4.69) is 9.97 Å². The Labute approximate surface area is 145 Å². The minimum atomic E-state index is -0.862. The van der Waals surface area contributed by atoms with Crippen molar-refractivity contribution in [2.75, 3.05) is 6.61 Å². The first-order chi connectivity index (χ1) is 12.1. The number of pyridine rings is 1. The second-order valence-corrected chi connectivity index (χ2v) is 5.57. The van der Waals surface area contributed by atoms with Gasteiger partial charge in [0.25, 0.3) is 0 Å². The molecule has 6 nitrogen and oxygen atoms in total. The average molecular weight is 338 g/mol. The molecule has 0 amide bonds. The SMILES string of the molecule is Cc1oc(-c2ccncc2)nc1CCOc1cccc(CC(=O)O)c1. The summed E-state index contributed by atoms with van der Waals surface area (Å²) < 4.78 is 11.4. The zero-order valence-corrected chi connectivity index (χ0v) is 13.8. The van der Waals surface area contributed by atoms with Crippen molar-refractivity contribution in [2.45, 2.75) is 19.8 Å². The summed E-state index contributed by atoms with van der Waals surface area (Å²) in [4.78, 5) is 19.3. The molecule has 0 spiro atoms. The topological polar surface area (TPSA) is 85.5 Å². The van der Waals surface area contributed by atoms with E-state index in [4.69, 9.17) is 14.3 Å². The second-order valence-electron chi connectivity index (χ2n) is 5.57. The third kappa shape index (κ3) is 4.44. The van der Waals surface area contributed by atoms with E-state index in [0.717, 1.165) is 17.0 Å². The van der Waals surface area contributed by atoms with E-state index in [1.807, 2.05) is 25.1 Å². The summed E-state index contributed by atoms with van der Waals surface area (Å²) in [6.07, 6.45) is 3.97. The molecule has 25 heavy (non-hydrogen) atoms. The first-order valence-corrected chi connectivity index (χ1v) is 7.92.